The molecular formula is C17H19F3N2O. The summed E-state index contributed by atoms with van der Waals surface area (Å²) in [6.45, 7) is 0. The van der Waals surface area contributed by atoms with Crippen molar-refractivity contribution in [3.05, 3.63) is 35.9 Å². The lowest BCUT2D eigenvalue weighted by Gasteiger charge is -2.27. The third kappa shape index (κ3) is 3.74. The molecule has 1 N–H and O–H groups in total. The predicted molar refractivity (Wildman–Crippen MR) is 80.6 cm³/mol. The van der Waals surface area contributed by atoms with E-state index in [9.17, 15) is 18.0 Å². The molecule has 3 rings (SSSR count). The second kappa shape index (κ2) is 6.34. The highest BCUT2D eigenvalue weighted by Crippen LogP contribution is 2.56. The summed E-state index contributed by atoms with van der Waals surface area (Å²) in [5.74, 6) is -1.55. The first-order valence-electron chi connectivity index (χ1n) is 7.86. The summed E-state index contributed by atoms with van der Waals surface area (Å²) in [6.07, 6.45) is -0.870. The van der Waals surface area contributed by atoms with Gasteiger partial charge in [-0.05, 0) is 42.6 Å². The molecule has 2 aliphatic carbocycles. The number of carbonyl (C=O) groups is 1. The van der Waals surface area contributed by atoms with Crippen LogP contribution in [0.2, 0.25) is 0 Å². The van der Waals surface area contributed by atoms with E-state index in [0.29, 0.717) is 12.8 Å². The van der Waals surface area contributed by atoms with Crippen molar-refractivity contribution in [2.75, 3.05) is 0 Å². The Morgan fingerprint density at radius 1 is 1.17 bits per heavy atom. The number of rotatable bonds is 4. The lowest BCUT2D eigenvalue weighted by atomic mass is 9.82. The largest absolute Gasteiger partial charge is 0.392 e. The fourth-order valence-electron chi connectivity index (χ4n) is 3.93. The summed E-state index contributed by atoms with van der Waals surface area (Å²) in [6, 6.07) is 9.31. The van der Waals surface area contributed by atoms with Gasteiger partial charge in [0.15, 0.2) is 0 Å². The molecule has 124 valence electrons. The molecule has 0 spiro atoms. The number of nitrogens with zero attached hydrogens (tertiary/aromatic N) is 1. The van der Waals surface area contributed by atoms with Crippen LogP contribution in [0.5, 0.6) is 0 Å². The minimum atomic E-state index is -4.08. The fourth-order valence-corrected chi connectivity index (χ4v) is 3.93. The van der Waals surface area contributed by atoms with E-state index < -0.39 is 12.1 Å². The lowest BCUT2D eigenvalue weighted by Crippen LogP contribution is -2.31. The molecule has 0 saturated heterocycles. The van der Waals surface area contributed by atoms with Gasteiger partial charge in [0.2, 0.25) is 5.91 Å². The van der Waals surface area contributed by atoms with Gasteiger partial charge in [-0.25, -0.2) is 5.43 Å². The Balaban J connectivity index is 1.47. The van der Waals surface area contributed by atoms with Crippen LogP contribution in [0.1, 0.15) is 24.8 Å². The minimum Gasteiger partial charge on any atom is -0.273 e. The number of benzene rings is 1. The second-order valence-electron chi connectivity index (χ2n) is 6.51. The van der Waals surface area contributed by atoms with Crippen molar-refractivity contribution in [1.82, 2.24) is 5.43 Å². The van der Waals surface area contributed by atoms with Gasteiger partial charge in [0, 0.05) is 6.21 Å². The first-order valence-corrected chi connectivity index (χ1v) is 7.86. The number of carbonyl (C=O) groups excluding carboxylic acids is 1. The minimum absolute atomic E-state index is 0.0430. The van der Waals surface area contributed by atoms with Crippen molar-refractivity contribution in [3.63, 3.8) is 0 Å². The van der Waals surface area contributed by atoms with Crippen LogP contribution >= 0.6 is 0 Å². The first kappa shape index (κ1) is 16.0. The van der Waals surface area contributed by atoms with Crippen molar-refractivity contribution in [2.45, 2.75) is 31.9 Å². The highest BCUT2D eigenvalue weighted by atomic mass is 19.4. The Hall–Kier alpha value is -1.85. The molecule has 4 atom stereocenters. The number of amides is 1. The van der Waals surface area contributed by atoms with Crippen LogP contribution in [-0.4, -0.2) is 18.3 Å². The molecule has 1 amide bonds. The Bertz CT molecular complexity index is 585. The predicted octanol–water partition coefficient (Wildman–Crippen LogP) is 3.56. The summed E-state index contributed by atoms with van der Waals surface area (Å²) in [5, 5.41) is 3.95. The maximum absolute atomic E-state index is 12.8. The van der Waals surface area contributed by atoms with E-state index in [1.807, 2.05) is 30.3 Å². The van der Waals surface area contributed by atoms with Crippen molar-refractivity contribution >= 4 is 12.1 Å². The number of hydrogen-bond donors (Lipinski definition) is 1. The molecular weight excluding hydrogens is 305 g/mol. The van der Waals surface area contributed by atoms with E-state index in [2.05, 4.69) is 10.5 Å². The highest BCUT2D eigenvalue weighted by Gasteiger charge is 2.55. The van der Waals surface area contributed by atoms with Crippen LogP contribution in [0, 0.1) is 23.7 Å². The zero-order valence-electron chi connectivity index (χ0n) is 12.6. The summed E-state index contributed by atoms with van der Waals surface area (Å²) < 4.78 is 38.5. The van der Waals surface area contributed by atoms with Gasteiger partial charge in [-0.1, -0.05) is 30.3 Å². The number of alkyl halides is 3. The van der Waals surface area contributed by atoms with Crippen LogP contribution in [0.15, 0.2) is 35.4 Å². The molecule has 6 heteroatoms. The zero-order chi connectivity index (χ0) is 16.4. The van der Waals surface area contributed by atoms with Gasteiger partial charge < -0.3 is 0 Å². The first-order chi connectivity index (χ1) is 10.9. The lowest BCUT2D eigenvalue weighted by molar-refractivity contribution is -0.187. The van der Waals surface area contributed by atoms with Crippen LogP contribution in [0.25, 0.3) is 0 Å². The van der Waals surface area contributed by atoms with E-state index in [0.717, 1.165) is 5.56 Å². The van der Waals surface area contributed by atoms with Gasteiger partial charge in [0.25, 0.3) is 0 Å². The SMILES string of the molecule is O=C(Cc1ccccc1)N/N=C\[C@H]1C[C@@H]2C[C@H]1C[C@@H]2C(F)(F)F. The average molecular weight is 324 g/mol. The smallest absolute Gasteiger partial charge is 0.273 e. The quantitative estimate of drug-likeness (QED) is 0.668. The van der Waals surface area contributed by atoms with Gasteiger partial charge >= 0.3 is 6.18 Å². The van der Waals surface area contributed by atoms with E-state index in [-0.39, 0.29) is 36.5 Å². The van der Waals surface area contributed by atoms with Gasteiger partial charge in [0.05, 0.1) is 12.3 Å². The summed E-state index contributed by atoms with van der Waals surface area (Å²) in [4.78, 5) is 11.8. The molecule has 23 heavy (non-hydrogen) atoms. The molecule has 0 radical (unpaired) electrons. The van der Waals surface area contributed by atoms with Crippen LogP contribution in [-0.2, 0) is 11.2 Å². The van der Waals surface area contributed by atoms with Gasteiger partial charge in [-0.15, -0.1) is 0 Å². The molecule has 0 aromatic heterocycles. The Kier molecular flexibility index (Phi) is 4.41. The molecule has 2 fully saturated rings. The van der Waals surface area contributed by atoms with Crippen molar-refractivity contribution in [2.24, 2.45) is 28.8 Å². The number of hydrazone groups is 1. The summed E-state index contributed by atoms with van der Waals surface area (Å²) >= 11 is 0. The molecule has 2 aliphatic rings. The molecule has 2 bridgehead atoms. The maximum Gasteiger partial charge on any atom is 0.392 e. The number of halogens is 3. The molecule has 0 heterocycles. The third-order valence-corrected chi connectivity index (χ3v) is 4.99. The second-order valence-corrected chi connectivity index (χ2v) is 6.51. The van der Waals surface area contributed by atoms with E-state index in [1.165, 1.54) is 0 Å². The number of fused-ring (bicyclic) bond motifs is 2. The van der Waals surface area contributed by atoms with Gasteiger partial charge in [-0.3, -0.25) is 4.79 Å². The molecule has 2 saturated carbocycles. The van der Waals surface area contributed by atoms with Crippen LogP contribution < -0.4 is 5.43 Å². The van der Waals surface area contributed by atoms with E-state index in [4.69, 9.17) is 0 Å². The third-order valence-electron chi connectivity index (χ3n) is 4.99. The van der Waals surface area contributed by atoms with Crippen LogP contribution in [0.3, 0.4) is 0 Å². The standard InChI is InChI=1S/C17H19F3N2O/c18-17(19,20)15-9-12-7-13(15)8-14(12)10-21-22-16(23)6-11-4-2-1-3-5-11/h1-5,10,12-15H,6-9H2,(H,22,23)/b21-10-/t12-,13-,14+,15-/m0/s1. The molecule has 3 nitrogen and oxygen atoms in total. The average Bonchev–Trinajstić information content (AvgIpc) is 3.08. The Morgan fingerprint density at radius 2 is 1.91 bits per heavy atom. The number of hydrogen-bond acceptors (Lipinski definition) is 2. The normalized spacial score (nSPS) is 30.0. The van der Waals surface area contributed by atoms with Crippen molar-refractivity contribution < 1.29 is 18.0 Å². The maximum atomic E-state index is 12.8. The highest BCUT2D eigenvalue weighted by molar-refractivity contribution is 5.79. The molecule has 1 aromatic carbocycles. The van der Waals surface area contributed by atoms with Crippen molar-refractivity contribution in [1.29, 1.82) is 0 Å². The topological polar surface area (TPSA) is 41.5 Å². The number of nitrogens with one attached hydrogen (secondary N) is 1. The zero-order valence-corrected chi connectivity index (χ0v) is 12.6. The molecule has 0 unspecified atom stereocenters. The van der Waals surface area contributed by atoms with Gasteiger partial charge in [0.1, 0.15) is 0 Å². The van der Waals surface area contributed by atoms with E-state index >= 15 is 0 Å². The van der Waals surface area contributed by atoms with Gasteiger partial charge in [-0.2, -0.15) is 18.3 Å². The monoisotopic (exact) mass is 324 g/mol. The Labute approximate surface area is 133 Å². The Morgan fingerprint density at radius 3 is 2.52 bits per heavy atom. The summed E-state index contributed by atoms with van der Waals surface area (Å²) in [7, 11) is 0. The molecule has 1 aromatic rings. The van der Waals surface area contributed by atoms with Crippen molar-refractivity contribution in [3.8, 4) is 0 Å². The fraction of sp³-hybridized carbons (Fsp3) is 0.529. The van der Waals surface area contributed by atoms with E-state index in [1.54, 1.807) is 6.21 Å². The van der Waals surface area contributed by atoms with Crippen LogP contribution in [0.4, 0.5) is 13.2 Å². The molecule has 0 aliphatic heterocycles. The summed E-state index contributed by atoms with van der Waals surface area (Å²) in [5.41, 5.74) is 3.36.